The van der Waals surface area contributed by atoms with E-state index in [1.165, 1.54) is 0 Å². The lowest BCUT2D eigenvalue weighted by Crippen LogP contribution is -2.31. The van der Waals surface area contributed by atoms with E-state index in [4.69, 9.17) is 9.72 Å². The molecule has 0 saturated heterocycles. The summed E-state index contributed by atoms with van der Waals surface area (Å²) in [5, 5.41) is 0.864. The topological polar surface area (TPSA) is 42.4 Å². The molecule has 0 fully saturated rings. The number of aromatic nitrogens is 1. The number of methoxy groups -OCH3 is 1. The van der Waals surface area contributed by atoms with E-state index in [9.17, 15) is 4.79 Å². The Labute approximate surface area is 211 Å². The Balaban J connectivity index is 1.63. The third kappa shape index (κ3) is 4.84. The highest BCUT2D eigenvalue weighted by atomic mass is 16.5. The van der Waals surface area contributed by atoms with Crippen LogP contribution in [0.5, 0.6) is 5.75 Å². The highest BCUT2D eigenvalue weighted by molar-refractivity contribution is 6.08. The first-order valence-corrected chi connectivity index (χ1v) is 12.0. The van der Waals surface area contributed by atoms with Crippen LogP contribution in [0.2, 0.25) is 0 Å². The largest absolute Gasteiger partial charge is 0.497 e. The molecule has 0 spiro atoms. The van der Waals surface area contributed by atoms with Crippen LogP contribution in [0.25, 0.3) is 22.2 Å². The van der Waals surface area contributed by atoms with Crippen LogP contribution in [-0.4, -0.2) is 22.9 Å². The number of carbonyl (C=O) groups is 1. The lowest BCUT2D eigenvalue weighted by molar-refractivity contribution is 0.0731. The number of amides is 1. The summed E-state index contributed by atoms with van der Waals surface area (Å²) in [7, 11) is 1.65. The van der Waals surface area contributed by atoms with E-state index in [-0.39, 0.29) is 5.91 Å². The van der Waals surface area contributed by atoms with Gasteiger partial charge < -0.3 is 9.64 Å². The molecular weight excluding hydrogens is 444 g/mol. The summed E-state index contributed by atoms with van der Waals surface area (Å²) in [5.41, 5.74) is 6.30. The molecule has 178 valence electrons. The molecular formula is C32H28N2O2. The first-order valence-electron chi connectivity index (χ1n) is 12.0. The number of benzene rings is 4. The van der Waals surface area contributed by atoms with Crippen LogP contribution >= 0.6 is 0 Å². The average molecular weight is 473 g/mol. The second kappa shape index (κ2) is 10.4. The van der Waals surface area contributed by atoms with Gasteiger partial charge in [0.05, 0.1) is 23.9 Å². The third-order valence-electron chi connectivity index (χ3n) is 6.43. The molecule has 0 bridgehead atoms. The number of para-hydroxylation sites is 1. The van der Waals surface area contributed by atoms with Gasteiger partial charge in [0, 0.05) is 24.0 Å². The number of ether oxygens (including phenoxy) is 1. The molecule has 0 aliphatic heterocycles. The summed E-state index contributed by atoms with van der Waals surface area (Å²) in [6, 6.07) is 36.0. The number of hydrogen-bond acceptors (Lipinski definition) is 3. The lowest BCUT2D eigenvalue weighted by atomic mass is 9.96. The molecule has 0 atom stereocenters. The molecule has 4 aromatic carbocycles. The van der Waals surface area contributed by atoms with E-state index >= 15 is 0 Å². The smallest absolute Gasteiger partial charge is 0.255 e. The number of pyridine rings is 1. The fourth-order valence-electron chi connectivity index (χ4n) is 4.58. The summed E-state index contributed by atoms with van der Waals surface area (Å²) in [4.78, 5) is 21.2. The molecule has 4 nitrogen and oxygen atoms in total. The number of carbonyl (C=O) groups excluding carboxylic acids is 1. The third-order valence-corrected chi connectivity index (χ3v) is 6.43. The van der Waals surface area contributed by atoms with Gasteiger partial charge in [-0.1, -0.05) is 78.9 Å². The van der Waals surface area contributed by atoms with Gasteiger partial charge in [0.1, 0.15) is 5.75 Å². The highest BCUT2D eigenvalue weighted by Gasteiger charge is 2.24. The van der Waals surface area contributed by atoms with Crippen molar-refractivity contribution in [1.29, 1.82) is 0 Å². The summed E-state index contributed by atoms with van der Waals surface area (Å²) >= 11 is 0. The molecule has 0 N–H and O–H groups in total. The Kier molecular flexibility index (Phi) is 6.76. The Morgan fingerprint density at radius 3 is 1.89 bits per heavy atom. The fraction of sp³-hybridized carbons (Fsp3) is 0.125. The Morgan fingerprint density at radius 2 is 1.31 bits per heavy atom. The maximum absolute atomic E-state index is 14.4. The van der Waals surface area contributed by atoms with Crippen LogP contribution in [0.4, 0.5) is 0 Å². The summed E-state index contributed by atoms with van der Waals surface area (Å²) in [6.07, 6.45) is 0. The monoisotopic (exact) mass is 472 g/mol. The molecule has 1 heterocycles. The van der Waals surface area contributed by atoms with Gasteiger partial charge in [-0.25, -0.2) is 4.98 Å². The lowest BCUT2D eigenvalue weighted by Gasteiger charge is -2.25. The first-order chi connectivity index (χ1) is 17.6. The van der Waals surface area contributed by atoms with E-state index < -0.39 is 0 Å². The predicted octanol–water partition coefficient (Wildman–Crippen LogP) is 7.06. The van der Waals surface area contributed by atoms with Crippen LogP contribution in [-0.2, 0) is 13.1 Å². The summed E-state index contributed by atoms with van der Waals surface area (Å²) < 4.78 is 5.33. The molecule has 0 unspecified atom stereocenters. The standard InChI is InChI=1S/C32H28N2O2/c1-23-30(28-15-9-10-16-29(28)33-31(23)26-17-19-27(36-2)20-18-26)32(35)34(21-24-11-5-3-6-12-24)22-25-13-7-4-8-14-25/h3-20H,21-22H2,1-2H3. The van der Waals surface area contributed by atoms with Crippen LogP contribution in [0.1, 0.15) is 27.0 Å². The highest BCUT2D eigenvalue weighted by Crippen LogP contribution is 2.32. The van der Waals surface area contributed by atoms with E-state index in [1.54, 1.807) is 7.11 Å². The van der Waals surface area contributed by atoms with Crippen molar-refractivity contribution >= 4 is 16.8 Å². The van der Waals surface area contributed by atoms with Gasteiger partial charge in [-0.2, -0.15) is 0 Å². The van der Waals surface area contributed by atoms with Crippen LogP contribution in [0, 0.1) is 6.92 Å². The van der Waals surface area contributed by atoms with Gasteiger partial charge in [-0.15, -0.1) is 0 Å². The van der Waals surface area contributed by atoms with Crippen molar-refractivity contribution in [2.24, 2.45) is 0 Å². The van der Waals surface area contributed by atoms with Crippen molar-refractivity contribution in [2.75, 3.05) is 7.11 Å². The molecule has 0 aliphatic rings. The Hall–Kier alpha value is -4.44. The average Bonchev–Trinajstić information content (AvgIpc) is 2.93. The van der Waals surface area contributed by atoms with Crippen molar-refractivity contribution in [3.63, 3.8) is 0 Å². The van der Waals surface area contributed by atoms with Gasteiger partial charge in [0.25, 0.3) is 5.91 Å². The van der Waals surface area contributed by atoms with Gasteiger partial charge in [0.2, 0.25) is 0 Å². The minimum absolute atomic E-state index is 0.00596. The van der Waals surface area contributed by atoms with Crippen molar-refractivity contribution in [2.45, 2.75) is 20.0 Å². The van der Waals surface area contributed by atoms with Crippen molar-refractivity contribution in [1.82, 2.24) is 9.88 Å². The van der Waals surface area contributed by atoms with Gasteiger partial charge in [0.15, 0.2) is 0 Å². The maximum Gasteiger partial charge on any atom is 0.255 e. The second-order valence-corrected chi connectivity index (χ2v) is 8.84. The zero-order valence-electron chi connectivity index (χ0n) is 20.5. The Bertz CT molecular complexity index is 1440. The molecule has 1 aromatic heterocycles. The minimum atomic E-state index is -0.00596. The van der Waals surface area contributed by atoms with Gasteiger partial charge >= 0.3 is 0 Å². The van der Waals surface area contributed by atoms with Crippen LogP contribution < -0.4 is 4.74 Å². The molecule has 4 heteroatoms. The second-order valence-electron chi connectivity index (χ2n) is 8.84. The zero-order chi connectivity index (χ0) is 24.9. The molecule has 0 aliphatic carbocycles. The SMILES string of the molecule is COc1ccc(-c2nc3ccccc3c(C(=O)N(Cc3ccccc3)Cc3ccccc3)c2C)cc1. The van der Waals surface area contributed by atoms with Crippen molar-refractivity contribution in [3.8, 4) is 17.0 Å². The zero-order valence-corrected chi connectivity index (χ0v) is 20.5. The molecule has 0 radical (unpaired) electrons. The number of rotatable bonds is 7. The molecule has 1 amide bonds. The molecule has 36 heavy (non-hydrogen) atoms. The van der Waals surface area contributed by atoms with E-state index in [0.29, 0.717) is 18.7 Å². The number of hydrogen-bond donors (Lipinski definition) is 0. The normalized spacial score (nSPS) is 10.8. The van der Waals surface area contributed by atoms with Gasteiger partial charge in [-0.3, -0.25) is 4.79 Å². The quantitative estimate of drug-likeness (QED) is 0.255. The Morgan fingerprint density at radius 1 is 0.750 bits per heavy atom. The van der Waals surface area contributed by atoms with Gasteiger partial charge in [-0.05, 0) is 53.9 Å². The maximum atomic E-state index is 14.4. The predicted molar refractivity (Wildman–Crippen MR) is 145 cm³/mol. The molecule has 5 rings (SSSR count). The van der Waals surface area contributed by atoms with E-state index in [2.05, 4.69) is 24.3 Å². The minimum Gasteiger partial charge on any atom is -0.497 e. The molecule has 5 aromatic rings. The van der Waals surface area contributed by atoms with Crippen LogP contribution in [0.15, 0.2) is 109 Å². The first kappa shape index (κ1) is 23.3. The fourth-order valence-corrected chi connectivity index (χ4v) is 4.58. The van der Waals surface area contributed by atoms with Crippen molar-refractivity contribution in [3.05, 3.63) is 131 Å². The van der Waals surface area contributed by atoms with Crippen molar-refractivity contribution < 1.29 is 9.53 Å². The molecule has 0 saturated carbocycles. The summed E-state index contributed by atoms with van der Waals surface area (Å²) in [5.74, 6) is 0.777. The van der Waals surface area contributed by atoms with Crippen LogP contribution in [0.3, 0.4) is 0 Å². The number of nitrogens with zero attached hydrogens (tertiary/aromatic N) is 2. The van der Waals surface area contributed by atoms with E-state index in [0.717, 1.165) is 44.6 Å². The van der Waals surface area contributed by atoms with E-state index in [1.807, 2.05) is 96.8 Å². The number of fused-ring (bicyclic) bond motifs is 1. The summed E-state index contributed by atoms with van der Waals surface area (Å²) in [6.45, 7) is 3.03.